The van der Waals surface area contributed by atoms with Crippen LogP contribution in [-0.2, 0) is 21.3 Å². The summed E-state index contributed by atoms with van der Waals surface area (Å²) in [6, 6.07) is 9.71. The molecule has 1 N–H and O–H groups in total. The van der Waals surface area contributed by atoms with Crippen molar-refractivity contribution in [1.82, 2.24) is 14.1 Å². The number of hydrogen-bond donors (Lipinski definition) is 1. The molecular formula is C20H25N5O4S. The van der Waals surface area contributed by atoms with E-state index >= 15 is 0 Å². The first-order valence-electron chi connectivity index (χ1n) is 9.69. The zero-order valence-corrected chi connectivity index (χ0v) is 18.0. The van der Waals surface area contributed by atoms with Crippen molar-refractivity contribution in [2.24, 2.45) is 0 Å². The summed E-state index contributed by atoms with van der Waals surface area (Å²) in [7, 11) is -3.75. The van der Waals surface area contributed by atoms with Crippen LogP contribution in [0.15, 0.2) is 35.2 Å². The van der Waals surface area contributed by atoms with Crippen molar-refractivity contribution in [3.05, 3.63) is 41.6 Å². The maximum absolute atomic E-state index is 13.1. The maximum atomic E-state index is 13.1. The number of ether oxygens (including phenoxy) is 1. The van der Waals surface area contributed by atoms with Crippen molar-refractivity contribution in [1.29, 1.82) is 5.26 Å². The Morgan fingerprint density at radius 2 is 2.00 bits per heavy atom. The third-order valence-electron chi connectivity index (χ3n) is 4.70. The highest BCUT2D eigenvalue weighted by molar-refractivity contribution is 7.89. The molecule has 3 rings (SSSR count). The molecule has 2 unspecified atom stereocenters. The average molecular weight is 432 g/mol. The molecule has 2 atom stereocenters. The topological polar surface area (TPSA) is 117 Å². The zero-order chi connectivity index (χ0) is 21.9. The molecule has 1 aliphatic heterocycles. The maximum Gasteiger partial charge on any atom is 0.256 e. The van der Waals surface area contributed by atoms with Crippen molar-refractivity contribution >= 4 is 21.7 Å². The second-order valence-electron chi connectivity index (χ2n) is 7.36. The molecule has 160 valence electrons. The number of nitrogens with zero attached hydrogens (tertiary/aromatic N) is 4. The summed E-state index contributed by atoms with van der Waals surface area (Å²) in [6.07, 6.45) is -0.146. The molecule has 1 saturated heterocycles. The molecule has 0 bridgehead atoms. The van der Waals surface area contributed by atoms with E-state index in [9.17, 15) is 13.2 Å². The minimum absolute atomic E-state index is 0.0608. The average Bonchev–Trinajstić information content (AvgIpc) is 3.04. The van der Waals surface area contributed by atoms with Gasteiger partial charge in [-0.15, -0.1) is 0 Å². The molecule has 2 aromatic rings. The van der Waals surface area contributed by atoms with Crippen molar-refractivity contribution in [3.8, 4) is 6.07 Å². The number of aromatic nitrogens is 2. The van der Waals surface area contributed by atoms with Gasteiger partial charge in [0, 0.05) is 24.7 Å². The monoisotopic (exact) mass is 431 g/mol. The van der Waals surface area contributed by atoms with Crippen molar-refractivity contribution < 1.29 is 17.9 Å². The van der Waals surface area contributed by atoms with Gasteiger partial charge in [-0.3, -0.25) is 4.79 Å². The lowest BCUT2D eigenvalue weighted by Crippen LogP contribution is -2.48. The summed E-state index contributed by atoms with van der Waals surface area (Å²) in [4.78, 5) is 12.8. The molecule has 1 fully saturated rings. The third-order valence-corrected chi connectivity index (χ3v) is 6.53. The Bertz CT molecular complexity index is 1060. The Kier molecular flexibility index (Phi) is 6.55. The molecule has 2 heterocycles. The minimum atomic E-state index is -3.75. The van der Waals surface area contributed by atoms with E-state index in [0.717, 1.165) is 0 Å². The molecule has 1 amide bonds. The number of hydrogen-bond acceptors (Lipinski definition) is 6. The van der Waals surface area contributed by atoms with Gasteiger partial charge in [-0.1, -0.05) is 6.07 Å². The fourth-order valence-corrected chi connectivity index (χ4v) is 5.07. The Hall–Kier alpha value is -2.74. The first kappa shape index (κ1) is 22.0. The van der Waals surface area contributed by atoms with Crippen LogP contribution in [0.4, 0.5) is 5.82 Å². The first-order valence-corrected chi connectivity index (χ1v) is 11.1. The van der Waals surface area contributed by atoms with Crippen LogP contribution in [0.5, 0.6) is 0 Å². The van der Waals surface area contributed by atoms with E-state index in [-0.39, 0.29) is 42.2 Å². The number of aryl methyl sites for hydroxylation is 2. The van der Waals surface area contributed by atoms with Crippen LogP contribution in [-0.4, -0.2) is 53.7 Å². The van der Waals surface area contributed by atoms with Gasteiger partial charge in [0.2, 0.25) is 10.0 Å². The number of anilines is 1. The number of carbonyl (C=O) groups is 1. The van der Waals surface area contributed by atoms with Crippen LogP contribution in [0.1, 0.15) is 36.3 Å². The SMILES string of the molecule is Cc1cc(NC(=O)c2cccc(S(=O)(=O)N3CC(C)OC(C)C3)c2)n(CCC#N)n1. The Balaban J connectivity index is 1.82. The third kappa shape index (κ3) is 4.87. The quantitative estimate of drug-likeness (QED) is 0.749. The highest BCUT2D eigenvalue weighted by Crippen LogP contribution is 2.22. The van der Waals surface area contributed by atoms with E-state index in [1.54, 1.807) is 29.8 Å². The number of nitrogens with one attached hydrogen (secondary N) is 1. The van der Waals surface area contributed by atoms with Gasteiger partial charge in [-0.05, 0) is 39.0 Å². The molecular weight excluding hydrogens is 406 g/mol. The molecule has 1 aliphatic rings. The number of sulfonamides is 1. The molecule has 30 heavy (non-hydrogen) atoms. The van der Waals surface area contributed by atoms with Crippen LogP contribution in [0, 0.1) is 18.3 Å². The predicted octanol–water partition coefficient (Wildman–Crippen LogP) is 2.16. The van der Waals surface area contributed by atoms with E-state index in [1.807, 2.05) is 19.9 Å². The highest BCUT2D eigenvalue weighted by Gasteiger charge is 2.32. The molecule has 0 radical (unpaired) electrons. The summed E-state index contributed by atoms with van der Waals surface area (Å²) in [5.74, 6) is 0.00529. The lowest BCUT2D eigenvalue weighted by Gasteiger charge is -2.34. The fraction of sp³-hybridized carbons (Fsp3) is 0.450. The number of benzene rings is 1. The normalized spacial score (nSPS) is 19.9. The Morgan fingerprint density at radius 3 is 2.67 bits per heavy atom. The molecule has 0 saturated carbocycles. The minimum Gasteiger partial charge on any atom is -0.373 e. The lowest BCUT2D eigenvalue weighted by atomic mass is 10.2. The van der Waals surface area contributed by atoms with Crippen molar-refractivity contribution in [2.45, 2.75) is 50.8 Å². The van der Waals surface area contributed by atoms with E-state index in [4.69, 9.17) is 10.00 Å². The zero-order valence-electron chi connectivity index (χ0n) is 17.2. The second kappa shape index (κ2) is 8.95. The molecule has 10 heteroatoms. The smallest absolute Gasteiger partial charge is 0.256 e. The molecule has 0 spiro atoms. The molecule has 0 aliphatic carbocycles. The van der Waals surface area contributed by atoms with Crippen molar-refractivity contribution in [3.63, 3.8) is 0 Å². The number of amides is 1. The largest absolute Gasteiger partial charge is 0.373 e. The van der Waals surface area contributed by atoms with Gasteiger partial charge in [0.15, 0.2) is 0 Å². The van der Waals surface area contributed by atoms with Crippen LogP contribution >= 0.6 is 0 Å². The number of morpholine rings is 1. The van der Waals surface area contributed by atoms with Gasteiger partial charge in [0.05, 0.1) is 41.8 Å². The highest BCUT2D eigenvalue weighted by atomic mass is 32.2. The molecule has 9 nitrogen and oxygen atoms in total. The summed E-state index contributed by atoms with van der Waals surface area (Å²) >= 11 is 0. The van der Waals surface area contributed by atoms with E-state index in [1.165, 1.54) is 16.4 Å². The van der Waals surface area contributed by atoms with Gasteiger partial charge in [-0.25, -0.2) is 13.1 Å². The summed E-state index contributed by atoms with van der Waals surface area (Å²) in [5.41, 5.74) is 0.922. The van der Waals surface area contributed by atoms with Crippen LogP contribution < -0.4 is 5.32 Å². The number of carbonyl (C=O) groups excluding carboxylic acids is 1. The van der Waals surface area contributed by atoms with Crippen LogP contribution in [0.3, 0.4) is 0 Å². The first-order chi connectivity index (χ1) is 14.2. The lowest BCUT2D eigenvalue weighted by molar-refractivity contribution is -0.0440. The second-order valence-corrected chi connectivity index (χ2v) is 9.30. The van der Waals surface area contributed by atoms with Gasteiger partial charge in [0.1, 0.15) is 5.82 Å². The van der Waals surface area contributed by atoms with E-state index < -0.39 is 15.9 Å². The number of rotatable bonds is 6. The summed E-state index contributed by atoms with van der Waals surface area (Å²) in [5, 5.41) is 15.8. The molecule has 1 aromatic heterocycles. The van der Waals surface area contributed by atoms with Crippen LogP contribution in [0.25, 0.3) is 0 Å². The van der Waals surface area contributed by atoms with Gasteiger partial charge < -0.3 is 10.1 Å². The van der Waals surface area contributed by atoms with Gasteiger partial charge in [0.25, 0.3) is 5.91 Å². The van der Waals surface area contributed by atoms with Crippen LogP contribution in [0.2, 0.25) is 0 Å². The fourth-order valence-electron chi connectivity index (χ4n) is 3.43. The van der Waals surface area contributed by atoms with Gasteiger partial charge in [-0.2, -0.15) is 14.7 Å². The summed E-state index contributed by atoms with van der Waals surface area (Å²) < 4.78 is 34.7. The predicted molar refractivity (Wildman–Crippen MR) is 110 cm³/mol. The van der Waals surface area contributed by atoms with Crippen molar-refractivity contribution in [2.75, 3.05) is 18.4 Å². The van der Waals surface area contributed by atoms with E-state index in [0.29, 0.717) is 18.1 Å². The molecule has 1 aromatic carbocycles. The van der Waals surface area contributed by atoms with E-state index in [2.05, 4.69) is 10.4 Å². The number of nitriles is 1. The summed E-state index contributed by atoms with van der Waals surface area (Å²) in [6.45, 7) is 6.33. The van der Waals surface area contributed by atoms with Gasteiger partial charge >= 0.3 is 0 Å². The Labute approximate surface area is 176 Å². The standard InChI is InChI=1S/C20H25N5O4S/c1-14-10-19(25(23-14)9-5-8-21)22-20(26)17-6-4-7-18(11-17)30(27,28)24-12-15(2)29-16(3)13-24/h4,6-7,10-11,15-16H,5,9,12-13H2,1-3H3,(H,22,26). The Morgan fingerprint density at radius 1 is 1.30 bits per heavy atom.